The molecule has 4 nitrogen and oxygen atoms in total. The second-order valence-electron chi connectivity index (χ2n) is 4.79. The van der Waals surface area contributed by atoms with Gasteiger partial charge in [-0.05, 0) is 18.9 Å². The van der Waals surface area contributed by atoms with Gasteiger partial charge >= 0.3 is 5.97 Å². The number of nitrogens with zero attached hydrogens (tertiary/aromatic N) is 1. The van der Waals surface area contributed by atoms with Crippen LogP contribution in [0.5, 0.6) is 0 Å². The smallest absolute Gasteiger partial charge is 0.310 e. The Morgan fingerprint density at radius 2 is 2.21 bits per heavy atom. The van der Waals surface area contributed by atoms with Crippen LogP contribution in [-0.4, -0.2) is 30.3 Å². The molecule has 104 valence electrons. The van der Waals surface area contributed by atoms with Gasteiger partial charge in [0.2, 0.25) is 0 Å². The van der Waals surface area contributed by atoms with E-state index in [4.69, 9.17) is 9.57 Å². The Labute approximate surface area is 114 Å². The van der Waals surface area contributed by atoms with Gasteiger partial charge in [0.05, 0.1) is 25.2 Å². The molecule has 0 unspecified atom stereocenters. The number of hydroxylamine groups is 2. The van der Waals surface area contributed by atoms with Gasteiger partial charge in [0.1, 0.15) is 0 Å². The van der Waals surface area contributed by atoms with Crippen molar-refractivity contribution in [3.8, 4) is 0 Å². The molecule has 0 amide bonds. The minimum Gasteiger partial charge on any atom is -0.466 e. The Hall–Kier alpha value is -1.39. The number of hydrogen-bond acceptors (Lipinski definition) is 4. The van der Waals surface area contributed by atoms with Crippen molar-refractivity contribution >= 4 is 5.97 Å². The number of ether oxygens (including phenoxy) is 1. The summed E-state index contributed by atoms with van der Waals surface area (Å²) in [5.74, 6) is -0.303. The number of rotatable bonds is 5. The van der Waals surface area contributed by atoms with E-state index in [1.165, 1.54) is 5.56 Å². The van der Waals surface area contributed by atoms with E-state index in [1.807, 2.05) is 37.1 Å². The van der Waals surface area contributed by atoms with E-state index in [1.54, 1.807) is 0 Å². The van der Waals surface area contributed by atoms with Crippen LogP contribution in [0.2, 0.25) is 0 Å². The summed E-state index contributed by atoms with van der Waals surface area (Å²) in [5.41, 5.74) is 1.19. The molecule has 2 rings (SSSR count). The molecule has 0 saturated carbocycles. The van der Waals surface area contributed by atoms with Gasteiger partial charge in [-0.2, -0.15) is 5.06 Å². The van der Waals surface area contributed by atoms with E-state index in [-0.39, 0.29) is 17.9 Å². The van der Waals surface area contributed by atoms with Gasteiger partial charge in [-0.25, -0.2) is 0 Å². The van der Waals surface area contributed by atoms with Gasteiger partial charge < -0.3 is 4.74 Å². The molecular weight excluding hydrogens is 242 g/mol. The van der Waals surface area contributed by atoms with Crippen molar-refractivity contribution in [3.63, 3.8) is 0 Å². The van der Waals surface area contributed by atoms with Crippen LogP contribution in [0.4, 0.5) is 0 Å². The van der Waals surface area contributed by atoms with Crippen LogP contribution in [0.15, 0.2) is 30.3 Å². The lowest BCUT2D eigenvalue weighted by Gasteiger charge is -2.26. The minimum absolute atomic E-state index is 0.0965. The van der Waals surface area contributed by atoms with Crippen molar-refractivity contribution in [2.24, 2.45) is 5.92 Å². The number of carbonyl (C=O) groups is 1. The molecule has 0 bridgehead atoms. The zero-order chi connectivity index (χ0) is 13.7. The van der Waals surface area contributed by atoms with Crippen molar-refractivity contribution in [3.05, 3.63) is 35.9 Å². The van der Waals surface area contributed by atoms with Crippen LogP contribution < -0.4 is 0 Å². The third-order valence-corrected chi connectivity index (χ3v) is 3.46. The summed E-state index contributed by atoms with van der Waals surface area (Å²) in [6.45, 7) is 5.54. The molecular formula is C15H21NO3. The second-order valence-corrected chi connectivity index (χ2v) is 4.79. The van der Waals surface area contributed by atoms with Gasteiger partial charge in [0, 0.05) is 6.54 Å². The summed E-state index contributed by atoms with van der Waals surface area (Å²) in [6.07, 6.45) is 0.868. The number of benzene rings is 1. The Kier molecular flexibility index (Phi) is 4.93. The van der Waals surface area contributed by atoms with Crippen LogP contribution in [0.3, 0.4) is 0 Å². The lowest BCUT2D eigenvalue weighted by Crippen LogP contribution is -2.37. The van der Waals surface area contributed by atoms with Crippen LogP contribution in [0, 0.1) is 5.92 Å². The predicted octanol–water partition coefficient (Wildman–Crippen LogP) is 2.39. The van der Waals surface area contributed by atoms with Crippen molar-refractivity contribution in [1.82, 2.24) is 5.06 Å². The molecule has 0 radical (unpaired) electrons. The minimum atomic E-state index is -0.161. The first kappa shape index (κ1) is 14.0. The Morgan fingerprint density at radius 3 is 2.89 bits per heavy atom. The van der Waals surface area contributed by atoms with Gasteiger partial charge in [-0.3, -0.25) is 9.63 Å². The summed E-state index contributed by atoms with van der Waals surface area (Å²) in [7, 11) is 0. The molecule has 2 atom stereocenters. The number of hydrogen-bond donors (Lipinski definition) is 0. The van der Waals surface area contributed by atoms with Crippen molar-refractivity contribution in [2.75, 3.05) is 13.2 Å². The molecule has 0 spiro atoms. The van der Waals surface area contributed by atoms with Crippen LogP contribution >= 0.6 is 0 Å². The van der Waals surface area contributed by atoms with Crippen LogP contribution in [-0.2, 0) is 20.9 Å². The molecule has 0 aromatic heterocycles. The molecule has 1 aliphatic rings. The molecule has 1 aromatic carbocycles. The van der Waals surface area contributed by atoms with E-state index in [2.05, 4.69) is 12.1 Å². The molecule has 1 saturated heterocycles. The summed E-state index contributed by atoms with van der Waals surface area (Å²) >= 11 is 0. The number of carbonyl (C=O) groups excluding carboxylic acids is 1. The van der Waals surface area contributed by atoms with Crippen molar-refractivity contribution in [1.29, 1.82) is 0 Å². The molecule has 1 aliphatic heterocycles. The normalized spacial score (nSPS) is 21.3. The lowest BCUT2D eigenvalue weighted by atomic mass is 9.99. The van der Waals surface area contributed by atoms with E-state index in [0.29, 0.717) is 19.8 Å². The third-order valence-electron chi connectivity index (χ3n) is 3.46. The summed E-state index contributed by atoms with van der Waals surface area (Å²) < 4.78 is 5.09. The molecule has 0 aliphatic carbocycles. The molecule has 1 heterocycles. The molecule has 19 heavy (non-hydrogen) atoms. The van der Waals surface area contributed by atoms with Crippen LogP contribution in [0.25, 0.3) is 0 Å². The first-order valence-corrected chi connectivity index (χ1v) is 6.82. The monoisotopic (exact) mass is 263 g/mol. The number of esters is 1. The molecule has 1 fully saturated rings. The van der Waals surface area contributed by atoms with E-state index in [9.17, 15) is 4.79 Å². The highest BCUT2D eigenvalue weighted by Gasteiger charge is 2.35. The fourth-order valence-electron chi connectivity index (χ4n) is 2.39. The predicted molar refractivity (Wildman–Crippen MR) is 72.1 cm³/mol. The summed E-state index contributed by atoms with van der Waals surface area (Å²) in [5, 5.41) is 1.91. The maximum Gasteiger partial charge on any atom is 0.310 e. The highest BCUT2D eigenvalue weighted by atomic mass is 16.7. The highest BCUT2D eigenvalue weighted by Crippen LogP contribution is 2.25. The summed E-state index contributed by atoms with van der Waals surface area (Å²) in [4.78, 5) is 17.5. The first-order chi connectivity index (χ1) is 9.22. The largest absolute Gasteiger partial charge is 0.466 e. The highest BCUT2D eigenvalue weighted by molar-refractivity contribution is 5.72. The molecule has 1 aromatic rings. The zero-order valence-electron chi connectivity index (χ0n) is 11.5. The van der Waals surface area contributed by atoms with E-state index < -0.39 is 0 Å². The quantitative estimate of drug-likeness (QED) is 0.765. The van der Waals surface area contributed by atoms with Crippen molar-refractivity contribution < 1.29 is 14.4 Å². The fourth-order valence-corrected chi connectivity index (χ4v) is 2.39. The maximum atomic E-state index is 11.8. The fraction of sp³-hybridized carbons (Fsp3) is 0.533. The Bertz CT molecular complexity index is 407. The standard InChI is InChI=1S/C15H21NO3/c1-3-18-15(17)12(2)14-9-10-19-16(14)11-13-7-5-4-6-8-13/h4-8,12,14H,3,9-11H2,1-2H3/t12-,14-/m0/s1. The third kappa shape index (κ3) is 3.55. The van der Waals surface area contributed by atoms with E-state index >= 15 is 0 Å². The SMILES string of the molecule is CCOC(=O)[C@@H](C)[C@@H]1CCON1Cc1ccccc1. The van der Waals surface area contributed by atoms with E-state index in [0.717, 1.165) is 6.42 Å². The average molecular weight is 263 g/mol. The van der Waals surface area contributed by atoms with Gasteiger partial charge in [0.25, 0.3) is 0 Å². The van der Waals surface area contributed by atoms with Gasteiger partial charge in [-0.15, -0.1) is 0 Å². The first-order valence-electron chi connectivity index (χ1n) is 6.82. The molecule has 4 heteroatoms. The lowest BCUT2D eigenvalue weighted by molar-refractivity contribution is -0.167. The van der Waals surface area contributed by atoms with Gasteiger partial charge in [0.15, 0.2) is 0 Å². The summed E-state index contributed by atoms with van der Waals surface area (Å²) in [6, 6.07) is 10.2. The topological polar surface area (TPSA) is 38.8 Å². The second kappa shape index (κ2) is 6.68. The van der Waals surface area contributed by atoms with Crippen LogP contribution in [0.1, 0.15) is 25.8 Å². The average Bonchev–Trinajstić information content (AvgIpc) is 2.87. The zero-order valence-corrected chi connectivity index (χ0v) is 11.5. The molecule has 0 N–H and O–H groups in total. The van der Waals surface area contributed by atoms with Gasteiger partial charge in [-0.1, -0.05) is 37.3 Å². The van der Waals surface area contributed by atoms with Crippen molar-refractivity contribution in [2.45, 2.75) is 32.9 Å². The maximum absolute atomic E-state index is 11.8. The Morgan fingerprint density at radius 1 is 1.47 bits per heavy atom. The Balaban J connectivity index is 1.98.